The molecule has 0 aliphatic heterocycles. The number of nitrogens with one attached hydrogen (secondary N) is 3. The summed E-state index contributed by atoms with van der Waals surface area (Å²) in [7, 11) is 0. The van der Waals surface area contributed by atoms with Gasteiger partial charge in [0.05, 0.1) is 11.5 Å². The first-order valence-electron chi connectivity index (χ1n) is 8.38. The Balaban J connectivity index is 2.23. The molecule has 0 saturated carbocycles. The molecule has 0 unspecified atom stereocenters. The van der Waals surface area contributed by atoms with Crippen LogP contribution >= 0.6 is 11.8 Å². The molecular formula is C18H25N3O5S. The Kier molecular flexibility index (Phi) is 9.35. The van der Waals surface area contributed by atoms with Gasteiger partial charge in [-0.05, 0) is 39.3 Å². The van der Waals surface area contributed by atoms with E-state index in [0.29, 0.717) is 0 Å². The van der Waals surface area contributed by atoms with Crippen molar-refractivity contribution in [2.45, 2.75) is 33.7 Å². The van der Waals surface area contributed by atoms with Gasteiger partial charge in [-0.1, -0.05) is 17.7 Å². The second kappa shape index (κ2) is 11.2. The first-order chi connectivity index (χ1) is 12.7. The summed E-state index contributed by atoms with van der Waals surface area (Å²) in [5.41, 5.74) is 2.79. The third-order valence-corrected chi connectivity index (χ3v) is 4.05. The third-order valence-electron chi connectivity index (χ3n) is 3.15. The number of thioether (sulfide) groups is 1. The van der Waals surface area contributed by atoms with Crippen LogP contribution in [0.1, 0.15) is 25.0 Å². The van der Waals surface area contributed by atoms with Crippen LogP contribution in [0.3, 0.4) is 0 Å². The highest BCUT2D eigenvalue weighted by atomic mass is 32.2. The predicted octanol–water partition coefficient (Wildman–Crippen LogP) is 1.75. The lowest BCUT2D eigenvalue weighted by Gasteiger charge is -2.10. The van der Waals surface area contributed by atoms with Gasteiger partial charge in [-0.3, -0.25) is 19.7 Å². The predicted molar refractivity (Wildman–Crippen MR) is 105 cm³/mol. The number of benzene rings is 1. The summed E-state index contributed by atoms with van der Waals surface area (Å²) in [6.45, 7) is 6.81. The molecule has 0 bridgehead atoms. The maximum absolute atomic E-state index is 11.9. The number of carbonyl (C=O) groups is 4. The number of carbonyl (C=O) groups excluding carboxylic acids is 4. The summed E-state index contributed by atoms with van der Waals surface area (Å²) in [6, 6.07) is 4.93. The van der Waals surface area contributed by atoms with Gasteiger partial charge in [0.2, 0.25) is 5.91 Å². The molecule has 0 saturated heterocycles. The quantitative estimate of drug-likeness (QED) is 0.578. The van der Waals surface area contributed by atoms with Crippen LogP contribution in [0.15, 0.2) is 18.2 Å². The van der Waals surface area contributed by atoms with E-state index in [1.807, 2.05) is 37.4 Å². The fourth-order valence-corrected chi connectivity index (χ4v) is 2.63. The summed E-state index contributed by atoms with van der Waals surface area (Å²) in [6.07, 6.45) is 0. The Hall–Kier alpha value is -2.55. The highest BCUT2D eigenvalue weighted by molar-refractivity contribution is 8.00. The maximum Gasteiger partial charge on any atom is 0.321 e. The number of hydrogen-bond acceptors (Lipinski definition) is 6. The average molecular weight is 395 g/mol. The first kappa shape index (κ1) is 22.5. The van der Waals surface area contributed by atoms with Crippen molar-refractivity contribution in [2.75, 3.05) is 23.4 Å². The van der Waals surface area contributed by atoms with Gasteiger partial charge in [0, 0.05) is 11.7 Å². The second-order valence-electron chi connectivity index (χ2n) is 6.20. The Morgan fingerprint density at radius 1 is 1.07 bits per heavy atom. The Labute approximate surface area is 162 Å². The number of rotatable bonds is 8. The first-order valence-corrected chi connectivity index (χ1v) is 9.53. The van der Waals surface area contributed by atoms with Gasteiger partial charge in [-0.2, -0.15) is 0 Å². The molecule has 0 atom stereocenters. The van der Waals surface area contributed by atoms with E-state index in [0.717, 1.165) is 28.6 Å². The van der Waals surface area contributed by atoms with E-state index in [4.69, 9.17) is 4.74 Å². The largest absolute Gasteiger partial charge is 0.455 e. The SMILES string of the molecule is Cc1ccc(NC(=O)CSCC(=O)OCC(=O)NC(=O)NC(C)C)c(C)c1. The number of ether oxygens (including phenoxy) is 1. The van der Waals surface area contributed by atoms with Gasteiger partial charge < -0.3 is 15.4 Å². The van der Waals surface area contributed by atoms with Crippen LogP contribution in [-0.2, 0) is 19.1 Å². The third kappa shape index (κ3) is 9.64. The summed E-state index contributed by atoms with van der Waals surface area (Å²) in [4.78, 5) is 46.3. The lowest BCUT2D eigenvalue weighted by atomic mass is 10.1. The minimum atomic E-state index is -0.723. The van der Waals surface area contributed by atoms with Crippen molar-refractivity contribution in [3.63, 3.8) is 0 Å². The molecule has 3 N–H and O–H groups in total. The summed E-state index contributed by atoms with van der Waals surface area (Å²) < 4.78 is 4.76. The molecule has 0 fully saturated rings. The number of esters is 1. The molecule has 0 spiro atoms. The van der Waals surface area contributed by atoms with Crippen LogP contribution in [0.25, 0.3) is 0 Å². The van der Waals surface area contributed by atoms with Crippen molar-refractivity contribution in [1.29, 1.82) is 0 Å². The van der Waals surface area contributed by atoms with Crippen molar-refractivity contribution in [2.24, 2.45) is 0 Å². The molecule has 27 heavy (non-hydrogen) atoms. The van der Waals surface area contributed by atoms with Gasteiger partial charge in [0.25, 0.3) is 5.91 Å². The average Bonchev–Trinajstić information content (AvgIpc) is 2.54. The number of hydrogen-bond donors (Lipinski definition) is 3. The highest BCUT2D eigenvalue weighted by Gasteiger charge is 2.12. The number of urea groups is 1. The molecule has 4 amide bonds. The topological polar surface area (TPSA) is 114 Å². The second-order valence-corrected chi connectivity index (χ2v) is 7.18. The fraction of sp³-hybridized carbons (Fsp3) is 0.444. The zero-order valence-electron chi connectivity index (χ0n) is 15.9. The zero-order valence-corrected chi connectivity index (χ0v) is 16.7. The molecule has 0 aliphatic rings. The fourth-order valence-electron chi connectivity index (χ4n) is 2.02. The van der Waals surface area contributed by atoms with Gasteiger partial charge in [-0.25, -0.2) is 4.79 Å². The molecule has 0 aliphatic carbocycles. The summed E-state index contributed by atoms with van der Waals surface area (Å²) in [5.74, 6) is -1.60. The van der Waals surface area contributed by atoms with Gasteiger partial charge in [-0.15, -0.1) is 11.8 Å². The molecule has 0 heterocycles. The lowest BCUT2D eigenvalue weighted by molar-refractivity contribution is -0.145. The smallest absolute Gasteiger partial charge is 0.321 e. The molecular weight excluding hydrogens is 370 g/mol. The van der Waals surface area contributed by atoms with Gasteiger partial charge in [0.1, 0.15) is 0 Å². The molecule has 148 valence electrons. The van der Waals surface area contributed by atoms with Crippen molar-refractivity contribution < 1.29 is 23.9 Å². The standard InChI is InChI=1S/C18H25N3O5S/c1-11(2)19-18(25)21-15(22)8-26-17(24)10-27-9-16(23)20-14-6-5-12(3)7-13(14)4/h5-7,11H,8-10H2,1-4H3,(H,20,23)(H2,19,21,22,25). The van der Waals surface area contributed by atoms with E-state index in [-0.39, 0.29) is 23.5 Å². The van der Waals surface area contributed by atoms with Crippen molar-refractivity contribution in [1.82, 2.24) is 10.6 Å². The Morgan fingerprint density at radius 2 is 1.78 bits per heavy atom. The van der Waals surface area contributed by atoms with E-state index in [1.165, 1.54) is 0 Å². The summed E-state index contributed by atoms with van der Waals surface area (Å²) >= 11 is 1.07. The number of imide groups is 1. The normalized spacial score (nSPS) is 10.3. The van der Waals surface area contributed by atoms with Crippen molar-refractivity contribution in [3.05, 3.63) is 29.3 Å². The number of aryl methyl sites for hydroxylation is 2. The van der Waals surface area contributed by atoms with E-state index in [9.17, 15) is 19.2 Å². The molecule has 1 aromatic carbocycles. The number of anilines is 1. The van der Waals surface area contributed by atoms with Gasteiger partial charge in [0.15, 0.2) is 6.61 Å². The molecule has 1 aromatic rings. The van der Waals surface area contributed by atoms with Crippen LogP contribution in [0, 0.1) is 13.8 Å². The molecule has 9 heteroatoms. The minimum absolute atomic E-state index is 0.0748. The van der Waals surface area contributed by atoms with Crippen molar-refractivity contribution in [3.8, 4) is 0 Å². The van der Waals surface area contributed by atoms with Crippen LogP contribution in [0.2, 0.25) is 0 Å². The van der Waals surface area contributed by atoms with Crippen molar-refractivity contribution >= 4 is 41.3 Å². The molecule has 1 rings (SSSR count). The lowest BCUT2D eigenvalue weighted by Crippen LogP contribution is -2.44. The van der Waals surface area contributed by atoms with Crippen LogP contribution in [0.4, 0.5) is 10.5 Å². The zero-order chi connectivity index (χ0) is 20.4. The minimum Gasteiger partial charge on any atom is -0.455 e. The van der Waals surface area contributed by atoms with E-state index < -0.39 is 24.5 Å². The number of amides is 4. The van der Waals surface area contributed by atoms with E-state index in [1.54, 1.807) is 13.8 Å². The molecule has 0 aromatic heterocycles. The maximum atomic E-state index is 11.9. The van der Waals surface area contributed by atoms with E-state index >= 15 is 0 Å². The Morgan fingerprint density at radius 3 is 2.41 bits per heavy atom. The Bertz CT molecular complexity index is 706. The molecule has 0 radical (unpaired) electrons. The van der Waals surface area contributed by atoms with Crippen LogP contribution in [0.5, 0.6) is 0 Å². The summed E-state index contributed by atoms with van der Waals surface area (Å²) in [5, 5.41) is 7.29. The molecule has 8 nitrogen and oxygen atoms in total. The van der Waals surface area contributed by atoms with Gasteiger partial charge >= 0.3 is 12.0 Å². The van der Waals surface area contributed by atoms with E-state index in [2.05, 4.69) is 10.6 Å². The highest BCUT2D eigenvalue weighted by Crippen LogP contribution is 2.16. The van der Waals surface area contributed by atoms with Crippen LogP contribution in [-0.4, -0.2) is 48.0 Å². The monoisotopic (exact) mass is 395 g/mol. The van der Waals surface area contributed by atoms with Crippen LogP contribution < -0.4 is 16.0 Å².